The second-order valence-corrected chi connectivity index (χ2v) is 3.68. The molecule has 0 aromatic rings. The normalized spacial score (nSPS) is 24.8. The summed E-state index contributed by atoms with van der Waals surface area (Å²) in [7, 11) is 1.64. The highest BCUT2D eigenvalue weighted by Crippen LogP contribution is 2.26. The summed E-state index contributed by atoms with van der Waals surface area (Å²) in [5.74, 6) is -1.48. The molecule has 1 N–H and O–H groups in total. The van der Waals surface area contributed by atoms with Crippen molar-refractivity contribution in [2.24, 2.45) is 0 Å². The van der Waals surface area contributed by atoms with Gasteiger partial charge < -0.3 is 4.74 Å². The lowest BCUT2D eigenvalue weighted by Gasteiger charge is -2.33. The Kier molecular flexibility index (Phi) is 3.64. The Labute approximate surface area is 93.9 Å². The Morgan fingerprint density at radius 3 is 2.50 bits per heavy atom. The first-order chi connectivity index (χ1) is 7.46. The van der Waals surface area contributed by atoms with Gasteiger partial charge in [0, 0.05) is 6.42 Å². The van der Waals surface area contributed by atoms with Crippen LogP contribution >= 0.6 is 0 Å². The maximum Gasteiger partial charge on any atom is 0.307 e. The van der Waals surface area contributed by atoms with Gasteiger partial charge in [-0.3, -0.25) is 24.6 Å². The molecule has 16 heavy (non-hydrogen) atoms. The maximum absolute atomic E-state index is 11.7. The van der Waals surface area contributed by atoms with Crippen molar-refractivity contribution in [1.29, 1.82) is 0 Å². The molecule has 0 aromatic carbocycles. The first-order valence-corrected chi connectivity index (χ1v) is 5.23. The zero-order valence-electron chi connectivity index (χ0n) is 9.70. The van der Waals surface area contributed by atoms with Gasteiger partial charge in [-0.15, -0.1) is 0 Å². The molecule has 1 atom stereocenters. The first-order valence-electron chi connectivity index (χ1n) is 5.23. The van der Waals surface area contributed by atoms with Gasteiger partial charge in [0.1, 0.15) is 0 Å². The molecule has 6 nitrogen and oxygen atoms in total. The fourth-order valence-corrected chi connectivity index (χ4v) is 1.55. The highest BCUT2D eigenvalue weighted by Gasteiger charge is 2.52. The summed E-state index contributed by atoms with van der Waals surface area (Å²) >= 11 is 0. The zero-order chi connectivity index (χ0) is 12.3. The van der Waals surface area contributed by atoms with E-state index in [-0.39, 0.29) is 12.8 Å². The van der Waals surface area contributed by atoms with E-state index in [0.29, 0.717) is 6.54 Å². The number of likely N-dealkylation sites (N-methyl/N-ethyl adjacent to an activating group) is 1. The topological polar surface area (TPSA) is 75.7 Å². The number of esters is 1. The van der Waals surface area contributed by atoms with Gasteiger partial charge in [0.05, 0.1) is 6.42 Å². The number of hydrogen-bond acceptors (Lipinski definition) is 5. The van der Waals surface area contributed by atoms with Crippen LogP contribution in [0.1, 0.15) is 26.7 Å². The van der Waals surface area contributed by atoms with Crippen LogP contribution in [0.4, 0.5) is 0 Å². The van der Waals surface area contributed by atoms with Gasteiger partial charge in [0.2, 0.25) is 5.91 Å². The van der Waals surface area contributed by atoms with Gasteiger partial charge in [0.25, 0.3) is 11.6 Å². The number of amides is 2. The molecule has 1 saturated heterocycles. The van der Waals surface area contributed by atoms with Crippen LogP contribution in [0.15, 0.2) is 0 Å². The molecule has 0 saturated carbocycles. The van der Waals surface area contributed by atoms with Gasteiger partial charge in [-0.25, -0.2) is 0 Å². The summed E-state index contributed by atoms with van der Waals surface area (Å²) in [6.45, 7) is 3.95. The fraction of sp³-hybridized carbons (Fsp3) is 0.700. The van der Waals surface area contributed by atoms with Crippen LogP contribution in [0.25, 0.3) is 0 Å². The van der Waals surface area contributed by atoms with Crippen LogP contribution in [0.3, 0.4) is 0 Å². The van der Waals surface area contributed by atoms with Gasteiger partial charge in [-0.1, -0.05) is 13.8 Å². The highest BCUT2D eigenvalue weighted by molar-refractivity contribution is 6.08. The molecule has 0 spiro atoms. The molecule has 1 unspecified atom stereocenters. The molecular formula is C10H16N2O4. The molecule has 1 fully saturated rings. The van der Waals surface area contributed by atoms with E-state index in [1.807, 2.05) is 6.92 Å². The molecule has 0 radical (unpaired) electrons. The minimum absolute atomic E-state index is 0.137. The summed E-state index contributed by atoms with van der Waals surface area (Å²) < 4.78 is 5.14. The minimum atomic E-state index is -1.46. The van der Waals surface area contributed by atoms with E-state index in [2.05, 4.69) is 5.32 Å². The highest BCUT2D eigenvalue weighted by atomic mass is 16.6. The monoisotopic (exact) mass is 228 g/mol. The molecule has 0 aromatic heterocycles. The molecule has 90 valence electrons. The summed E-state index contributed by atoms with van der Waals surface area (Å²) in [5.41, 5.74) is -1.46. The third-order valence-electron chi connectivity index (χ3n) is 2.67. The number of nitrogens with zero attached hydrogens (tertiary/aromatic N) is 1. The molecule has 1 aliphatic rings. The standard InChI is InChI=1S/C10H16N2O4/c1-4-8(14)16-10(12(3)5-2)6-7(13)11-9(10)15/h4-6H2,1-3H3,(H,11,13,15). The first kappa shape index (κ1) is 12.6. The quantitative estimate of drug-likeness (QED) is 0.404. The summed E-state index contributed by atoms with van der Waals surface area (Å²) in [6.07, 6.45) is 0.0304. The number of imide groups is 1. The second-order valence-electron chi connectivity index (χ2n) is 3.68. The molecule has 0 aliphatic carbocycles. The minimum Gasteiger partial charge on any atom is -0.433 e. The van der Waals surface area contributed by atoms with Crippen molar-refractivity contribution < 1.29 is 19.1 Å². The Morgan fingerprint density at radius 2 is 2.12 bits per heavy atom. The number of hydrogen-bond donors (Lipinski definition) is 1. The predicted molar refractivity (Wildman–Crippen MR) is 55.2 cm³/mol. The van der Waals surface area contributed by atoms with Crippen LogP contribution < -0.4 is 5.32 Å². The molecule has 2 amide bonds. The van der Waals surface area contributed by atoms with Crippen molar-refractivity contribution in [1.82, 2.24) is 10.2 Å². The average molecular weight is 228 g/mol. The number of rotatable bonds is 4. The van der Waals surface area contributed by atoms with E-state index >= 15 is 0 Å². The van der Waals surface area contributed by atoms with Crippen molar-refractivity contribution in [3.63, 3.8) is 0 Å². The van der Waals surface area contributed by atoms with Crippen molar-refractivity contribution in [3.05, 3.63) is 0 Å². The van der Waals surface area contributed by atoms with Crippen LogP contribution in [0.5, 0.6) is 0 Å². The number of nitrogens with one attached hydrogen (secondary N) is 1. The van der Waals surface area contributed by atoms with Crippen LogP contribution in [0.2, 0.25) is 0 Å². The fourth-order valence-electron chi connectivity index (χ4n) is 1.55. The van der Waals surface area contributed by atoms with Crippen molar-refractivity contribution in [2.75, 3.05) is 13.6 Å². The Morgan fingerprint density at radius 1 is 1.50 bits per heavy atom. The van der Waals surface area contributed by atoms with Gasteiger partial charge >= 0.3 is 5.97 Å². The number of carbonyl (C=O) groups is 3. The van der Waals surface area contributed by atoms with Crippen LogP contribution in [-0.4, -0.2) is 42.0 Å². The van der Waals surface area contributed by atoms with Gasteiger partial charge in [-0.2, -0.15) is 0 Å². The van der Waals surface area contributed by atoms with E-state index in [1.165, 1.54) is 0 Å². The lowest BCUT2D eigenvalue weighted by atomic mass is 10.1. The van der Waals surface area contributed by atoms with E-state index < -0.39 is 23.5 Å². The third kappa shape index (κ3) is 2.06. The Balaban J connectivity index is 2.98. The molecule has 6 heteroatoms. The smallest absolute Gasteiger partial charge is 0.307 e. The van der Waals surface area contributed by atoms with Gasteiger partial charge in [0.15, 0.2) is 0 Å². The SMILES string of the molecule is CCC(=O)OC1(N(C)CC)CC(=O)NC1=O. The molecule has 1 aliphatic heterocycles. The maximum atomic E-state index is 11.7. The number of ether oxygens (including phenoxy) is 1. The Bertz CT molecular complexity index is 329. The third-order valence-corrected chi connectivity index (χ3v) is 2.67. The van der Waals surface area contributed by atoms with Crippen LogP contribution in [0, 0.1) is 0 Å². The average Bonchev–Trinajstić information content (AvgIpc) is 2.53. The van der Waals surface area contributed by atoms with E-state index in [9.17, 15) is 14.4 Å². The number of carbonyl (C=O) groups excluding carboxylic acids is 3. The lowest BCUT2D eigenvalue weighted by Crippen LogP contribution is -2.55. The summed E-state index contributed by atoms with van der Waals surface area (Å²) in [5, 5.41) is 2.16. The van der Waals surface area contributed by atoms with E-state index in [4.69, 9.17) is 4.74 Å². The molecular weight excluding hydrogens is 212 g/mol. The van der Waals surface area contributed by atoms with E-state index in [1.54, 1.807) is 18.9 Å². The molecule has 1 rings (SSSR count). The van der Waals surface area contributed by atoms with Gasteiger partial charge in [-0.05, 0) is 13.6 Å². The summed E-state index contributed by atoms with van der Waals surface area (Å²) in [4.78, 5) is 35.8. The lowest BCUT2D eigenvalue weighted by molar-refractivity contribution is -0.185. The largest absolute Gasteiger partial charge is 0.433 e. The second kappa shape index (κ2) is 4.61. The van der Waals surface area contributed by atoms with Crippen LogP contribution in [-0.2, 0) is 19.1 Å². The predicted octanol–water partition coefficient (Wildman–Crippen LogP) is -0.366. The van der Waals surface area contributed by atoms with E-state index in [0.717, 1.165) is 0 Å². The molecule has 1 heterocycles. The summed E-state index contributed by atoms with van der Waals surface area (Å²) in [6, 6.07) is 0. The zero-order valence-corrected chi connectivity index (χ0v) is 9.70. The van der Waals surface area contributed by atoms with Crippen molar-refractivity contribution in [2.45, 2.75) is 32.4 Å². The Hall–Kier alpha value is -1.43. The van der Waals surface area contributed by atoms with Crippen molar-refractivity contribution >= 4 is 17.8 Å². The van der Waals surface area contributed by atoms with Crippen molar-refractivity contribution in [3.8, 4) is 0 Å². The molecule has 0 bridgehead atoms.